The Morgan fingerprint density at radius 3 is 2.81 bits per heavy atom. The largest absolute Gasteiger partial charge is 0.492 e. The Bertz CT molecular complexity index is 738. The number of anilines is 1. The summed E-state index contributed by atoms with van der Waals surface area (Å²) in [5, 5.41) is 0.304. The van der Waals surface area contributed by atoms with Crippen molar-refractivity contribution in [3.8, 4) is 5.75 Å². The molecule has 4 heteroatoms. The number of ketones is 1. The van der Waals surface area contributed by atoms with E-state index in [2.05, 4.69) is 13.8 Å². The van der Waals surface area contributed by atoms with Crippen molar-refractivity contribution in [3.63, 3.8) is 0 Å². The van der Waals surface area contributed by atoms with Crippen LogP contribution in [0.2, 0.25) is 5.02 Å². The fourth-order valence-electron chi connectivity index (χ4n) is 2.54. The van der Waals surface area contributed by atoms with Gasteiger partial charge >= 0.3 is 0 Å². The van der Waals surface area contributed by atoms with Crippen LogP contribution >= 0.6 is 11.6 Å². The quantitative estimate of drug-likeness (QED) is 0.677. The molecule has 1 heterocycles. The van der Waals surface area contributed by atoms with E-state index < -0.39 is 0 Å². The molecule has 21 heavy (non-hydrogen) atoms. The molecule has 0 aromatic heterocycles. The molecule has 0 radical (unpaired) electrons. The second-order valence-corrected chi connectivity index (χ2v) is 6.30. The summed E-state index contributed by atoms with van der Waals surface area (Å²) in [5.41, 5.74) is 8.15. The Labute approximate surface area is 128 Å². The monoisotopic (exact) mass is 301 g/mol. The number of fused-ring (bicyclic) bond motifs is 1. The van der Waals surface area contributed by atoms with Crippen LogP contribution in [0.15, 0.2) is 36.4 Å². The van der Waals surface area contributed by atoms with Gasteiger partial charge in [-0.25, -0.2) is 0 Å². The number of hydrogen-bond acceptors (Lipinski definition) is 3. The zero-order chi connectivity index (χ0) is 15.2. The maximum absolute atomic E-state index is 12.6. The van der Waals surface area contributed by atoms with Gasteiger partial charge in [-0.15, -0.1) is 0 Å². The minimum Gasteiger partial charge on any atom is -0.492 e. The third-order valence-corrected chi connectivity index (χ3v) is 4.25. The minimum absolute atomic E-state index is 0.0921. The number of carbonyl (C=O) groups excluding carboxylic acids is 1. The lowest BCUT2D eigenvalue weighted by atomic mass is 9.85. The van der Waals surface area contributed by atoms with Gasteiger partial charge in [-0.05, 0) is 30.3 Å². The van der Waals surface area contributed by atoms with E-state index in [1.807, 2.05) is 12.1 Å². The first kappa shape index (κ1) is 14.0. The molecule has 0 atom stereocenters. The SMILES string of the molecule is CC1(C)COc2ccc(C(=O)c3cccc(N)c3Cl)cc21. The van der Waals surface area contributed by atoms with Crippen molar-refractivity contribution in [2.24, 2.45) is 0 Å². The standard InChI is InChI=1S/C17H16ClNO2/c1-17(2)9-21-14-7-6-10(8-12(14)17)16(20)11-4-3-5-13(19)15(11)18/h3-8H,9,19H2,1-2H3. The Balaban J connectivity index is 2.06. The molecule has 3 nitrogen and oxygen atoms in total. The molecule has 3 rings (SSSR count). The number of ether oxygens (including phenoxy) is 1. The average Bonchev–Trinajstić information content (AvgIpc) is 2.76. The predicted molar refractivity (Wildman–Crippen MR) is 84.3 cm³/mol. The number of halogens is 1. The maximum Gasteiger partial charge on any atom is 0.194 e. The number of hydrogen-bond donors (Lipinski definition) is 1. The molecule has 0 amide bonds. The molecule has 0 saturated carbocycles. The first-order chi connectivity index (χ1) is 9.90. The highest BCUT2D eigenvalue weighted by atomic mass is 35.5. The topological polar surface area (TPSA) is 52.3 Å². The molecule has 1 aliphatic heterocycles. The first-order valence-corrected chi connectivity index (χ1v) is 7.14. The highest BCUT2D eigenvalue weighted by Crippen LogP contribution is 2.39. The number of benzene rings is 2. The maximum atomic E-state index is 12.6. The van der Waals surface area contributed by atoms with E-state index in [1.54, 1.807) is 24.3 Å². The summed E-state index contributed by atoms with van der Waals surface area (Å²) in [6, 6.07) is 10.6. The Morgan fingerprint density at radius 1 is 1.29 bits per heavy atom. The summed E-state index contributed by atoms with van der Waals surface area (Å²) in [6.07, 6.45) is 0. The molecular weight excluding hydrogens is 286 g/mol. The van der Waals surface area contributed by atoms with Gasteiger partial charge in [0, 0.05) is 22.1 Å². The zero-order valence-corrected chi connectivity index (χ0v) is 12.7. The summed E-state index contributed by atoms with van der Waals surface area (Å²) in [7, 11) is 0. The molecule has 0 unspecified atom stereocenters. The highest BCUT2D eigenvalue weighted by Gasteiger charge is 2.32. The molecule has 2 N–H and O–H groups in total. The van der Waals surface area contributed by atoms with Crippen LogP contribution in [0.1, 0.15) is 35.3 Å². The Kier molecular flexibility index (Phi) is 3.18. The van der Waals surface area contributed by atoms with E-state index in [4.69, 9.17) is 22.1 Å². The van der Waals surface area contributed by atoms with E-state index in [0.29, 0.717) is 28.4 Å². The van der Waals surface area contributed by atoms with Crippen molar-refractivity contribution in [3.05, 3.63) is 58.1 Å². The molecular formula is C17H16ClNO2. The molecule has 0 aliphatic carbocycles. The molecule has 2 aromatic carbocycles. The third-order valence-electron chi connectivity index (χ3n) is 3.83. The lowest BCUT2D eigenvalue weighted by Gasteiger charge is -2.15. The van der Waals surface area contributed by atoms with Crippen LogP contribution in [0.4, 0.5) is 5.69 Å². The van der Waals surface area contributed by atoms with Crippen LogP contribution in [-0.4, -0.2) is 12.4 Å². The molecule has 0 spiro atoms. The van der Waals surface area contributed by atoms with Crippen LogP contribution in [0, 0.1) is 0 Å². The van der Waals surface area contributed by atoms with Gasteiger partial charge in [-0.3, -0.25) is 4.79 Å². The molecule has 1 aliphatic rings. The van der Waals surface area contributed by atoms with Gasteiger partial charge in [-0.2, -0.15) is 0 Å². The summed E-state index contributed by atoms with van der Waals surface area (Å²) < 4.78 is 5.64. The molecule has 2 aromatic rings. The Morgan fingerprint density at radius 2 is 2.05 bits per heavy atom. The molecule has 0 bridgehead atoms. The molecule has 108 valence electrons. The smallest absolute Gasteiger partial charge is 0.194 e. The van der Waals surface area contributed by atoms with Crippen molar-refractivity contribution in [2.75, 3.05) is 12.3 Å². The van der Waals surface area contributed by atoms with Crippen molar-refractivity contribution in [1.82, 2.24) is 0 Å². The lowest BCUT2D eigenvalue weighted by molar-refractivity contribution is 0.103. The normalized spacial score (nSPS) is 15.4. The number of nitrogen functional groups attached to an aromatic ring is 1. The summed E-state index contributed by atoms with van der Waals surface area (Å²) >= 11 is 6.14. The van der Waals surface area contributed by atoms with E-state index in [9.17, 15) is 4.79 Å². The van der Waals surface area contributed by atoms with E-state index in [-0.39, 0.29) is 11.2 Å². The second-order valence-electron chi connectivity index (χ2n) is 5.92. The number of rotatable bonds is 2. The van der Waals surface area contributed by atoms with Crippen molar-refractivity contribution >= 4 is 23.1 Å². The van der Waals surface area contributed by atoms with Crippen LogP contribution in [0.3, 0.4) is 0 Å². The van der Waals surface area contributed by atoms with E-state index in [0.717, 1.165) is 11.3 Å². The third kappa shape index (κ3) is 2.28. The fourth-order valence-corrected chi connectivity index (χ4v) is 2.75. The van der Waals surface area contributed by atoms with Crippen LogP contribution in [0.5, 0.6) is 5.75 Å². The minimum atomic E-state index is -0.127. The van der Waals surface area contributed by atoms with Gasteiger partial charge in [0.2, 0.25) is 0 Å². The van der Waals surface area contributed by atoms with Crippen LogP contribution < -0.4 is 10.5 Å². The van der Waals surface area contributed by atoms with Gasteiger partial charge in [0.15, 0.2) is 5.78 Å². The summed E-state index contributed by atoms with van der Waals surface area (Å²) in [6.45, 7) is 4.82. The Hall–Kier alpha value is -2.00. The van der Waals surface area contributed by atoms with Crippen molar-refractivity contribution < 1.29 is 9.53 Å². The lowest BCUT2D eigenvalue weighted by Crippen LogP contribution is -2.18. The van der Waals surface area contributed by atoms with Gasteiger partial charge < -0.3 is 10.5 Å². The van der Waals surface area contributed by atoms with Crippen LogP contribution in [0.25, 0.3) is 0 Å². The van der Waals surface area contributed by atoms with Gasteiger partial charge in [-0.1, -0.05) is 31.5 Å². The number of carbonyl (C=O) groups is 1. The predicted octanol–water partition coefficient (Wildman–Crippen LogP) is 3.82. The van der Waals surface area contributed by atoms with Crippen LogP contribution in [-0.2, 0) is 5.41 Å². The van der Waals surface area contributed by atoms with Crippen molar-refractivity contribution in [2.45, 2.75) is 19.3 Å². The first-order valence-electron chi connectivity index (χ1n) is 6.76. The van der Waals surface area contributed by atoms with Gasteiger partial charge in [0.25, 0.3) is 0 Å². The van der Waals surface area contributed by atoms with Gasteiger partial charge in [0.1, 0.15) is 5.75 Å². The van der Waals surface area contributed by atoms with E-state index in [1.165, 1.54) is 0 Å². The summed E-state index contributed by atoms with van der Waals surface area (Å²) in [4.78, 5) is 12.6. The van der Waals surface area contributed by atoms with Crippen molar-refractivity contribution in [1.29, 1.82) is 0 Å². The van der Waals surface area contributed by atoms with E-state index >= 15 is 0 Å². The number of nitrogens with two attached hydrogens (primary N) is 1. The second kappa shape index (κ2) is 4.78. The fraction of sp³-hybridized carbons (Fsp3) is 0.235. The zero-order valence-electron chi connectivity index (χ0n) is 11.9. The van der Waals surface area contributed by atoms with Gasteiger partial charge in [0.05, 0.1) is 17.3 Å². The molecule has 0 fully saturated rings. The summed E-state index contributed by atoms with van der Waals surface area (Å²) in [5.74, 6) is 0.716. The average molecular weight is 302 g/mol. The highest BCUT2D eigenvalue weighted by molar-refractivity contribution is 6.37. The molecule has 0 saturated heterocycles.